The summed E-state index contributed by atoms with van der Waals surface area (Å²) in [6.07, 6.45) is 2.84. The van der Waals surface area contributed by atoms with Crippen molar-refractivity contribution in [2.75, 3.05) is 26.3 Å². The van der Waals surface area contributed by atoms with Crippen LogP contribution in [0.15, 0.2) is 42.5 Å². The van der Waals surface area contributed by atoms with E-state index in [-0.39, 0.29) is 24.5 Å². The minimum absolute atomic E-state index is 0.0588. The van der Waals surface area contributed by atoms with Crippen molar-refractivity contribution in [3.8, 4) is 11.5 Å². The van der Waals surface area contributed by atoms with Gasteiger partial charge in [-0.25, -0.2) is 0 Å². The molecule has 2 aromatic carbocycles. The molecule has 172 valence electrons. The maximum atomic E-state index is 12.7. The highest BCUT2D eigenvalue weighted by atomic mass is 16.5. The van der Waals surface area contributed by atoms with Gasteiger partial charge in [0.25, 0.3) is 5.91 Å². The van der Waals surface area contributed by atoms with Gasteiger partial charge in [0.1, 0.15) is 24.7 Å². The summed E-state index contributed by atoms with van der Waals surface area (Å²) in [5.74, 6) is 1.60. The molecule has 1 saturated heterocycles. The fourth-order valence-corrected chi connectivity index (χ4v) is 4.15. The molecule has 32 heavy (non-hydrogen) atoms. The van der Waals surface area contributed by atoms with Crippen LogP contribution in [0.4, 0.5) is 0 Å². The monoisotopic (exact) mass is 438 g/mol. The molecular weight excluding hydrogens is 404 g/mol. The highest BCUT2D eigenvalue weighted by Crippen LogP contribution is 2.27. The Hall–Kier alpha value is -2.57. The van der Waals surface area contributed by atoms with Crippen LogP contribution >= 0.6 is 0 Å². The average Bonchev–Trinajstić information content (AvgIpc) is 3.30. The van der Waals surface area contributed by atoms with E-state index in [1.807, 2.05) is 13.8 Å². The number of likely N-dealkylation sites (tertiary alicyclic amines) is 1. The van der Waals surface area contributed by atoms with E-state index in [9.17, 15) is 9.90 Å². The van der Waals surface area contributed by atoms with E-state index in [4.69, 9.17) is 9.47 Å². The summed E-state index contributed by atoms with van der Waals surface area (Å²) in [6, 6.07) is 13.4. The third-order valence-electron chi connectivity index (χ3n) is 6.28. The number of ether oxygens (including phenoxy) is 2. The third-order valence-corrected chi connectivity index (χ3v) is 6.28. The second kappa shape index (κ2) is 10.4. The summed E-state index contributed by atoms with van der Waals surface area (Å²) in [7, 11) is 0. The molecule has 0 aromatic heterocycles. The Bertz CT molecular complexity index is 907. The van der Waals surface area contributed by atoms with Crippen molar-refractivity contribution in [2.24, 2.45) is 5.92 Å². The zero-order valence-corrected chi connectivity index (χ0v) is 19.0. The summed E-state index contributed by atoms with van der Waals surface area (Å²) in [6.45, 7) is 7.94. The van der Waals surface area contributed by atoms with Crippen LogP contribution < -0.4 is 14.8 Å². The van der Waals surface area contributed by atoms with Crippen molar-refractivity contribution in [3.05, 3.63) is 59.2 Å². The lowest BCUT2D eigenvalue weighted by atomic mass is 10.00. The number of nitrogens with zero attached hydrogens (tertiary/aromatic N) is 1. The Balaban J connectivity index is 1.29. The largest absolute Gasteiger partial charge is 0.491 e. The highest BCUT2D eigenvalue weighted by Gasteiger charge is 2.23. The zero-order valence-electron chi connectivity index (χ0n) is 19.0. The predicted molar refractivity (Wildman–Crippen MR) is 124 cm³/mol. The average molecular weight is 439 g/mol. The van der Waals surface area contributed by atoms with Crippen molar-refractivity contribution in [1.29, 1.82) is 0 Å². The van der Waals surface area contributed by atoms with Gasteiger partial charge in [-0.2, -0.15) is 0 Å². The molecule has 0 radical (unpaired) electrons. The Morgan fingerprint density at radius 3 is 2.66 bits per heavy atom. The number of carbonyl (C=O) groups excluding carboxylic acids is 1. The summed E-state index contributed by atoms with van der Waals surface area (Å²) >= 11 is 0. The maximum Gasteiger partial charge on any atom is 0.251 e. The van der Waals surface area contributed by atoms with Crippen LogP contribution in [-0.4, -0.2) is 54.4 Å². The number of benzene rings is 2. The van der Waals surface area contributed by atoms with Gasteiger partial charge in [0.05, 0.1) is 12.1 Å². The lowest BCUT2D eigenvalue weighted by Gasteiger charge is -2.27. The molecule has 2 aliphatic rings. The number of hydrogen-bond acceptors (Lipinski definition) is 5. The van der Waals surface area contributed by atoms with Gasteiger partial charge in [-0.05, 0) is 79.7 Å². The molecule has 4 rings (SSSR count). The van der Waals surface area contributed by atoms with E-state index < -0.39 is 6.10 Å². The molecule has 6 heteroatoms. The standard InChI is InChI=1S/C26H34N2O4/c1-18(2)24(29)17-31-23-9-7-20(8-10-23)26(30)27-22-14-21-6-5-19(13-25(21)32-16-22)15-28-11-3-4-12-28/h5-10,13,18,22,24,29H,3-4,11-12,14-17H2,1-2H3,(H,27,30)/t22-,24?/m1/s1. The Morgan fingerprint density at radius 2 is 1.94 bits per heavy atom. The van der Waals surface area contributed by atoms with Gasteiger partial charge in [0, 0.05) is 12.1 Å². The zero-order chi connectivity index (χ0) is 22.5. The summed E-state index contributed by atoms with van der Waals surface area (Å²) in [5, 5.41) is 12.9. The second-order valence-electron chi connectivity index (χ2n) is 9.26. The first-order valence-corrected chi connectivity index (χ1v) is 11.7. The number of hydrogen-bond donors (Lipinski definition) is 2. The first kappa shape index (κ1) is 22.6. The molecule has 2 aliphatic heterocycles. The van der Waals surface area contributed by atoms with Crippen molar-refractivity contribution >= 4 is 5.91 Å². The number of fused-ring (bicyclic) bond motifs is 1. The van der Waals surface area contributed by atoms with Crippen LogP contribution in [0.2, 0.25) is 0 Å². The SMILES string of the molecule is CC(C)C(O)COc1ccc(C(=O)N[C@H]2COc3cc(CN4CCCC4)ccc3C2)cc1. The summed E-state index contributed by atoms with van der Waals surface area (Å²) < 4.78 is 11.6. The van der Waals surface area contributed by atoms with E-state index in [2.05, 4.69) is 28.4 Å². The Labute approximate surface area is 190 Å². The van der Waals surface area contributed by atoms with E-state index in [0.717, 1.165) is 24.3 Å². The quantitative estimate of drug-likeness (QED) is 0.661. The lowest BCUT2D eigenvalue weighted by Crippen LogP contribution is -2.42. The van der Waals surface area contributed by atoms with Crippen LogP contribution in [-0.2, 0) is 13.0 Å². The number of carbonyl (C=O) groups is 1. The Kier molecular flexibility index (Phi) is 7.33. The molecule has 6 nitrogen and oxygen atoms in total. The van der Waals surface area contributed by atoms with Gasteiger partial charge in [0.15, 0.2) is 0 Å². The number of rotatable bonds is 8. The molecule has 1 fully saturated rings. The predicted octanol–water partition coefficient (Wildman–Crippen LogP) is 3.41. The first-order chi connectivity index (χ1) is 15.5. The smallest absolute Gasteiger partial charge is 0.251 e. The summed E-state index contributed by atoms with van der Waals surface area (Å²) in [5.41, 5.74) is 3.00. The van der Waals surface area contributed by atoms with E-state index in [1.54, 1.807) is 24.3 Å². The van der Waals surface area contributed by atoms with Gasteiger partial charge in [0.2, 0.25) is 0 Å². The third kappa shape index (κ3) is 5.81. The molecule has 2 aromatic rings. The molecule has 2 N–H and O–H groups in total. The number of aliphatic hydroxyl groups excluding tert-OH is 1. The second-order valence-corrected chi connectivity index (χ2v) is 9.26. The van der Waals surface area contributed by atoms with Crippen LogP contribution in [0.5, 0.6) is 11.5 Å². The van der Waals surface area contributed by atoms with Gasteiger partial charge >= 0.3 is 0 Å². The van der Waals surface area contributed by atoms with Crippen molar-refractivity contribution < 1.29 is 19.4 Å². The van der Waals surface area contributed by atoms with Gasteiger partial charge in [-0.1, -0.05) is 26.0 Å². The fourth-order valence-electron chi connectivity index (χ4n) is 4.15. The van der Waals surface area contributed by atoms with Crippen LogP contribution in [0.25, 0.3) is 0 Å². The Morgan fingerprint density at radius 1 is 1.19 bits per heavy atom. The molecule has 1 unspecified atom stereocenters. The minimum Gasteiger partial charge on any atom is -0.491 e. The van der Waals surface area contributed by atoms with Crippen LogP contribution in [0.3, 0.4) is 0 Å². The maximum absolute atomic E-state index is 12.7. The molecule has 0 bridgehead atoms. The highest BCUT2D eigenvalue weighted by molar-refractivity contribution is 5.94. The molecule has 2 atom stereocenters. The molecule has 0 saturated carbocycles. The van der Waals surface area contributed by atoms with Crippen molar-refractivity contribution in [1.82, 2.24) is 10.2 Å². The molecule has 1 amide bonds. The summed E-state index contributed by atoms with van der Waals surface area (Å²) in [4.78, 5) is 15.2. The number of amides is 1. The van der Waals surface area contributed by atoms with Crippen molar-refractivity contribution in [2.45, 2.75) is 51.8 Å². The molecule has 0 spiro atoms. The normalized spacial score (nSPS) is 19.3. The van der Waals surface area contributed by atoms with E-state index in [1.165, 1.54) is 31.5 Å². The van der Waals surface area contributed by atoms with Gasteiger partial charge in [-0.15, -0.1) is 0 Å². The molecular formula is C26H34N2O4. The number of aliphatic hydroxyl groups is 1. The van der Waals surface area contributed by atoms with Gasteiger partial charge in [-0.3, -0.25) is 9.69 Å². The lowest BCUT2D eigenvalue weighted by molar-refractivity contribution is 0.0701. The van der Waals surface area contributed by atoms with E-state index in [0.29, 0.717) is 17.9 Å². The first-order valence-electron chi connectivity index (χ1n) is 11.7. The van der Waals surface area contributed by atoms with Gasteiger partial charge < -0.3 is 19.9 Å². The fraction of sp³-hybridized carbons (Fsp3) is 0.500. The molecule has 0 aliphatic carbocycles. The van der Waals surface area contributed by atoms with E-state index >= 15 is 0 Å². The van der Waals surface area contributed by atoms with Crippen LogP contribution in [0, 0.1) is 5.92 Å². The van der Waals surface area contributed by atoms with Crippen LogP contribution in [0.1, 0.15) is 48.2 Å². The minimum atomic E-state index is -0.511. The molecule has 2 heterocycles. The topological polar surface area (TPSA) is 71.0 Å². The number of nitrogens with one attached hydrogen (secondary N) is 1. The van der Waals surface area contributed by atoms with Crippen molar-refractivity contribution in [3.63, 3.8) is 0 Å².